The van der Waals surface area contributed by atoms with E-state index < -0.39 is 24.0 Å². The van der Waals surface area contributed by atoms with E-state index in [0.29, 0.717) is 6.42 Å². The number of carbonyl (C=O) groups is 1. The average molecular weight is 291 g/mol. The first-order chi connectivity index (χ1) is 9.30. The summed E-state index contributed by atoms with van der Waals surface area (Å²) < 4.78 is 45.5. The van der Waals surface area contributed by atoms with Gasteiger partial charge in [0.15, 0.2) is 5.75 Å². The Balaban J connectivity index is 3.11. The maximum absolute atomic E-state index is 12.2. The van der Waals surface area contributed by atoms with Crippen LogP contribution in [0.3, 0.4) is 0 Å². The zero-order valence-electron chi connectivity index (χ0n) is 11.2. The van der Waals surface area contributed by atoms with E-state index in [9.17, 15) is 18.0 Å². The second-order valence-electron chi connectivity index (χ2n) is 4.02. The third kappa shape index (κ3) is 4.04. The van der Waals surface area contributed by atoms with Gasteiger partial charge in [0.1, 0.15) is 0 Å². The van der Waals surface area contributed by atoms with Crippen LogP contribution in [0.5, 0.6) is 5.75 Å². The number of hydrogen-bond donors (Lipinski definition) is 1. The van der Waals surface area contributed by atoms with Crippen LogP contribution < -0.4 is 10.5 Å². The van der Waals surface area contributed by atoms with Crippen LogP contribution in [0.15, 0.2) is 18.2 Å². The molecule has 1 rings (SSSR count). The van der Waals surface area contributed by atoms with Gasteiger partial charge in [-0.15, -0.1) is 13.2 Å². The highest BCUT2D eigenvalue weighted by Gasteiger charge is 2.33. The van der Waals surface area contributed by atoms with Gasteiger partial charge in [-0.05, 0) is 25.0 Å². The Bertz CT molecular complexity index is 474. The zero-order chi connectivity index (χ0) is 15.3. The van der Waals surface area contributed by atoms with Gasteiger partial charge in [0.05, 0.1) is 18.2 Å². The van der Waals surface area contributed by atoms with E-state index in [0.717, 1.165) is 6.07 Å². The molecule has 2 N–H and O–H groups in total. The summed E-state index contributed by atoms with van der Waals surface area (Å²) in [5.41, 5.74) is 5.74. The van der Waals surface area contributed by atoms with Crippen LogP contribution in [0.2, 0.25) is 0 Å². The van der Waals surface area contributed by atoms with Crippen LogP contribution in [0.1, 0.15) is 31.7 Å². The Kier molecular flexibility index (Phi) is 5.24. The van der Waals surface area contributed by atoms with Crippen molar-refractivity contribution in [2.75, 3.05) is 12.3 Å². The van der Waals surface area contributed by atoms with Crippen LogP contribution in [0.4, 0.5) is 18.9 Å². The van der Waals surface area contributed by atoms with Gasteiger partial charge in [-0.25, -0.2) is 0 Å². The number of ether oxygens (including phenoxy) is 2. The molecule has 1 aromatic rings. The molecule has 0 fully saturated rings. The number of alkyl halides is 3. The molecule has 1 unspecified atom stereocenters. The maximum atomic E-state index is 12.2. The van der Waals surface area contributed by atoms with E-state index in [2.05, 4.69) is 4.74 Å². The number of nitrogens with two attached hydrogens (primary N) is 1. The minimum Gasteiger partial charge on any atom is -0.466 e. The Hall–Kier alpha value is -1.92. The molecule has 0 aromatic heterocycles. The van der Waals surface area contributed by atoms with Gasteiger partial charge < -0.3 is 15.2 Å². The van der Waals surface area contributed by atoms with E-state index in [1.165, 1.54) is 12.1 Å². The molecular weight excluding hydrogens is 275 g/mol. The normalized spacial score (nSPS) is 12.8. The van der Waals surface area contributed by atoms with Gasteiger partial charge >= 0.3 is 12.3 Å². The van der Waals surface area contributed by atoms with Crippen LogP contribution in [-0.2, 0) is 9.53 Å². The van der Waals surface area contributed by atoms with Crippen molar-refractivity contribution in [3.63, 3.8) is 0 Å². The summed E-state index contributed by atoms with van der Waals surface area (Å²) in [6, 6.07) is 3.95. The third-order valence-electron chi connectivity index (χ3n) is 2.68. The number of hydrogen-bond acceptors (Lipinski definition) is 4. The van der Waals surface area contributed by atoms with Gasteiger partial charge in [0, 0.05) is 0 Å². The number of carbonyl (C=O) groups excluding carboxylic acids is 1. The Morgan fingerprint density at radius 1 is 1.35 bits per heavy atom. The fourth-order valence-electron chi connectivity index (χ4n) is 1.83. The fraction of sp³-hybridized carbons (Fsp3) is 0.462. The van der Waals surface area contributed by atoms with E-state index in [1.54, 1.807) is 13.8 Å². The molecular formula is C13H16F3NO3. The van der Waals surface area contributed by atoms with Crippen LogP contribution >= 0.6 is 0 Å². The summed E-state index contributed by atoms with van der Waals surface area (Å²) >= 11 is 0. The van der Waals surface area contributed by atoms with Gasteiger partial charge in [-0.3, -0.25) is 4.79 Å². The second-order valence-corrected chi connectivity index (χ2v) is 4.02. The molecule has 0 radical (unpaired) electrons. The van der Waals surface area contributed by atoms with Crippen LogP contribution in [0, 0.1) is 0 Å². The Morgan fingerprint density at radius 3 is 2.50 bits per heavy atom. The summed E-state index contributed by atoms with van der Waals surface area (Å²) in [7, 11) is 0. The SMILES string of the molecule is CCOC(=O)C(CC)c1cccc(OC(F)(F)F)c1N. The number of anilines is 1. The minimum absolute atomic E-state index is 0.188. The molecule has 0 heterocycles. The summed E-state index contributed by atoms with van der Waals surface area (Å²) in [5, 5.41) is 0. The number of nitrogen functional groups attached to an aromatic ring is 1. The number of esters is 1. The fourth-order valence-corrected chi connectivity index (χ4v) is 1.83. The highest BCUT2D eigenvalue weighted by molar-refractivity contribution is 5.81. The van der Waals surface area contributed by atoms with Crippen molar-refractivity contribution in [3.05, 3.63) is 23.8 Å². The first kappa shape index (κ1) is 16.1. The molecule has 0 saturated heterocycles. The van der Waals surface area contributed by atoms with Gasteiger partial charge in [-0.2, -0.15) is 0 Å². The smallest absolute Gasteiger partial charge is 0.466 e. The standard InChI is InChI=1S/C13H16F3NO3/c1-3-8(12(18)19-4-2)9-6-5-7-10(11(9)17)20-13(14,15)16/h5-8H,3-4,17H2,1-2H3. The van der Waals surface area contributed by atoms with Crippen molar-refractivity contribution in [1.82, 2.24) is 0 Å². The lowest BCUT2D eigenvalue weighted by Crippen LogP contribution is -2.20. The van der Waals surface area contributed by atoms with Crippen molar-refractivity contribution in [1.29, 1.82) is 0 Å². The minimum atomic E-state index is -4.83. The molecule has 0 amide bonds. The third-order valence-corrected chi connectivity index (χ3v) is 2.68. The second kappa shape index (κ2) is 6.49. The molecule has 0 bridgehead atoms. The maximum Gasteiger partial charge on any atom is 0.573 e. The Morgan fingerprint density at radius 2 is 2.00 bits per heavy atom. The first-order valence-electron chi connectivity index (χ1n) is 6.10. The van der Waals surface area contributed by atoms with Crippen molar-refractivity contribution in [2.45, 2.75) is 32.5 Å². The van der Waals surface area contributed by atoms with Crippen molar-refractivity contribution < 1.29 is 27.4 Å². The molecule has 1 atom stereocenters. The lowest BCUT2D eigenvalue weighted by atomic mass is 9.94. The van der Waals surface area contributed by atoms with E-state index in [-0.39, 0.29) is 17.9 Å². The van der Waals surface area contributed by atoms with Gasteiger partial charge in [0.25, 0.3) is 0 Å². The number of halogens is 3. The lowest BCUT2D eigenvalue weighted by molar-refractivity contribution is -0.274. The molecule has 20 heavy (non-hydrogen) atoms. The Labute approximate surface area is 114 Å². The molecule has 4 nitrogen and oxygen atoms in total. The van der Waals surface area contributed by atoms with E-state index in [1.807, 2.05) is 0 Å². The van der Waals surface area contributed by atoms with Crippen molar-refractivity contribution in [2.24, 2.45) is 0 Å². The summed E-state index contributed by atoms with van der Waals surface area (Å²) in [6.45, 7) is 3.56. The molecule has 0 aliphatic heterocycles. The summed E-state index contributed by atoms with van der Waals surface area (Å²) in [4.78, 5) is 11.8. The lowest BCUT2D eigenvalue weighted by Gasteiger charge is -2.18. The molecule has 7 heteroatoms. The largest absolute Gasteiger partial charge is 0.573 e. The van der Waals surface area contributed by atoms with Gasteiger partial charge in [0.2, 0.25) is 0 Å². The van der Waals surface area contributed by atoms with Crippen LogP contribution in [0.25, 0.3) is 0 Å². The molecule has 1 aromatic carbocycles. The summed E-state index contributed by atoms with van der Waals surface area (Å²) in [5.74, 6) is -1.75. The monoisotopic (exact) mass is 291 g/mol. The topological polar surface area (TPSA) is 61.5 Å². The van der Waals surface area contributed by atoms with E-state index >= 15 is 0 Å². The number of rotatable bonds is 5. The molecule has 0 aliphatic rings. The van der Waals surface area contributed by atoms with Crippen molar-refractivity contribution in [3.8, 4) is 5.75 Å². The van der Waals surface area contributed by atoms with Crippen molar-refractivity contribution >= 4 is 11.7 Å². The number of benzene rings is 1. The first-order valence-corrected chi connectivity index (χ1v) is 6.10. The van der Waals surface area contributed by atoms with Crippen LogP contribution in [-0.4, -0.2) is 18.9 Å². The molecule has 0 spiro atoms. The molecule has 112 valence electrons. The highest BCUT2D eigenvalue weighted by Crippen LogP contribution is 2.35. The van der Waals surface area contributed by atoms with E-state index in [4.69, 9.17) is 10.5 Å². The zero-order valence-corrected chi connectivity index (χ0v) is 11.2. The molecule has 0 saturated carbocycles. The quantitative estimate of drug-likeness (QED) is 0.668. The van der Waals surface area contributed by atoms with Gasteiger partial charge in [-0.1, -0.05) is 19.1 Å². The summed E-state index contributed by atoms with van der Waals surface area (Å²) in [6.07, 6.45) is -4.48. The number of para-hydroxylation sites is 1. The predicted octanol–water partition coefficient (Wildman–Crippen LogP) is 3.22. The molecule has 0 aliphatic carbocycles. The predicted molar refractivity (Wildman–Crippen MR) is 67.2 cm³/mol. The highest BCUT2D eigenvalue weighted by atomic mass is 19.4. The average Bonchev–Trinajstić information content (AvgIpc) is 2.33.